The largest absolute Gasteiger partial charge is 0.370 e. The molecule has 0 radical (unpaired) electrons. The van der Waals surface area contributed by atoms with Gasteiger partial charge in [-0.25, -0.2) is 0 Å². The molecule has 1 aromatic carbocycles. The van der Waals surface area contributed by atoms with E-state index in [1.54, 1.807) is 0 Å². The zero-order chi connectivity index (χ0) is 11.6. The van der Waals surface area contributed by atoms with Crippen LogP contribution in [-0.4, -0.2) is 44.2 Å². The second kappa shape index (κ2) is 4.44. The second-order valence-electron chi connectivity index (χ2n) is 4.83. The number of nitrogens with zero attached hydrogens (tertiary/aromatic N) is 2. The summed E-state index contributed by atoms with van der Waals surface area (Å²) in [7, 11) is 4.25. The molecular formula is C13H21N3. The molecule has 0 amide bonds. The van der Waals surface area contributed by atoms with E-state index in [-0.39, 0.29) is 5.54 Å². The minimum Gasteiger partial charge on any atom is -0.370 e. The number of hydrogen-bond acceptors (Lipinski definition) is 3. The maximum absolute atomic E-state index is 5.94. The Balaban J connectivity index is 2.14. The fourth-order valence-corrected chi connectivity index (χ4v) is 2.43. The van der Waals surface area contributed by atoms with Crippen molar-refractivity contribution in [2.24, 2.45) is 5.73 Å². The van der Waals surface area contributed by atoms with Gasteiger partial charge in [-0.3, -0.25) is 0 Å². The third-order valence-electron chi connectivity index (χ3n) is 3.78. The van der Waals surface area contributed by atoms with Crippen LogP contribution >= 0.6 is 0 Å². The Labute approximate surface area is 97.8 Å². The van der Waals surface area contributed by atoms with Crippen molar-refractivity contribution in [1.29, 1.82) is 0 Å². The highest BCUT2D eigenvalue weighted by atomic mass is 15.3. The summed E-state index contributed by atoms with van der Waals surface area (Å²) in [5.74, 6) is 0. The van der Waals surface area contributed by atoms with Crippen LogP contribution in [-0.2, 0) is 0 Å². The van der Waals surface area contributed by atoms with E-state index < -0.39 is 0 Å². The molecule has 3 nitrogen and oxygen atoms in total. The average molecular weight is 219 g/mol. The Hall–Kier alpha value is -1.06. The van der Waals surface area contributed by atoms with Crippen LogP contribution in [0.2, 0.25) is 0 Å². The summed E-state index contributed by atoms with van der Waals surface area (Å²) in [6.07, 6.45) is 1.14. The number of para-hydroxylation sites is 1. The molecule has 1 aliphatic rings. The lowest BCUT2D eigenvalue weighted by Gasteiger charge is -2.35. The van der Waals surface area contributed by atoms with Crippen LogP contribution in [0.5, 0.6) is 0 Å². The van der Waals surface area contributed by atoms with Crippen LogP contribution in [0.3, 0.4) is 0 Å². The van der Waals surface area contributed by atoms with Crippen LogP contribution in [0.1, 0.15) is 6.42 Å². The molecule has 2 rings (SSSR count). The van der Waals surface area contributed by atoms with E-state index >= 15 is 0 Å². The van der Waals surface area contributed by atoms with Gasteiger partial charge in [-0.05, 0) is 32.6 Å². The van der Waals surface area contributed by atoms with Crippen molar-refractivity contribution >= 4 is 5.69 Å². The van der Waals surface area contributed by atoms with Crippen LogP contribution in [0.4, 0.5) is 5.69 Å². The second-order valence-corrected chi connectivity index (χ2v) is 4.83. The molecule has 1 fully saturated rings. The van der Waals surface area contributed by atoms with Gasteiger partial charge < -0.3 is 15.5 Å². The summed E-state index contributed by atoms with van der Waals surface area (Å²) in [5.41, 5.74) is 7.40. The predicted octanol–water partition coefficient (Wildman–Crippen LogP) is 1.16. The van der Waals surface area contributed by atoms with Crippen LogP contribution in [0, 0.1) is 0 Å². The van der Waals surface area contributed by atoms with Crippen LogP contribution in [0.15, 0.2) is 30.3 Å². The Morgan fingerprint density at radius 2 is 2.00 bits per heavy atom. The van der Waals surface area contributed by atoms with E-state index in [0.29, 0.717) is 0 Å². The third-order valence-corrected chi connectivity index (χ3v) is 3.78. The Morgan fingerprint density at radius 3 is 2.50 bits per heavy atom. The third kappa shape index (κ3) is 1.93. The fourth-order valence-electron chi connectivity index (χ4n) is 2.43. The molecule has 0 aliphatic carbocycles. The van der Waals surface area contributed by atoms with Crippen molar-refractivity contribution in [2.45, 2.75) is 12.0 Å². The number of hydrogen-bond donors (Lipinski definition) is 1. The molecule has 16 heavy (non-hydrogen) atoms. The monoisotopic (exact) mass is 219 g/mol. The number of anilines is 1. The standard InChI is InChI=1S/C13H21N3/c1-15(2)13(10-14)8-9-16(11-13)12-6-4-3-5-7-12/h3-7H,8-11,14H2,1-2H3. The smallest absolute Gasteiger partial charge is 0.0518 e. The van der Waals surface area contributed by atoms with E-state index in [1.807, 2.05) is 0 Å². The van der Waals surface area contributed by atoms with Gasteiger partial charge in [0.15, 0.2) is 0 Å². The maximum Gasteiger partial charge on any atom is 0.0518 e. The SMILES string of the molecule is CN(C)C1(CN)CCN(c2ccccc2)C1. The van der Waals surface area contributed by atoms with Gasteiger partial charge in [0.1, 0.15) is 0 Å². The molecule has 1 aromatic rings. The first-order chi connectivity index (χ1) is 7.68. The highest BCUT2D eigenvalue weighted by molar-refractivity contribution is 5.48. The highest BCUT2D eigenvalue weighted by Gasteiger charge is 2.38. The van der Waals surface area contributed by atoms with Gasteiger partial charge in [0, 0.05) is 25.3 Å². The minimum absolute atomic E-state index is 0.149. The quantitative estimate of drug-likeness (QED) is 0.828. The lowest BCUT2D eigenvalue weighted by atomic mass is 9.97. The Kier molecular flexibility index (Phi) is 3.17. The zero-order valence-electron chi connectivity index (χ0n) is 10.2. The maximum atomic E-state index is 5.94. The summed E-state index contributed by atoms with van der Waals surface area (Å²) in [4.78, 5) is 4.70. The molecule has 1 atom stereocenters. The van der Waals surface area contributed by atoms with Gasteiger partial charge in [-0.15, -0.1) is 0 Å². The van der Waals surface area contributed by atoms with Crippen molar-refractivity contribution in [3.8, 4) is 0 Å². The molecule has 1 aliphatic heterocycles. The molecule has 2 N–H and O–H groups in total. The van der Waals surface area contributed by atoms with Gasteiger partial charge in [-0.1, -0.05) is 18.2 Å². The first-order valence-electron chi connectivity index (χ1n) is 5.85. The molecule has 0 saturated carbocycles. The van der Waals surface area contributed by atoms with E-state index in [0.717, 1.165) is 26.1 Å². The van der Waals surface area contributed by atoms with Gasteiger partial charge in [0.05, 0.1) is 5.54 Å². The van der Waals surface area contributed by atoms with E-state index in [4.69, 9.17) is 5.73 Å². The molecule has 0 spiro atoms. The van der Waals surface area contributed by atoms with E-state index in [2.05, 4.69) is 54.2 Å². The lowest BCUT2D eigenvalue weighted by molar-refractivity contribution is 0.184. The topological polar surface area (TPSA) is 32.5 Å². The zero-order valence-corrected chi connectivity index (χ0v) is 10.2. The summed E-state index contributed by atoms with van der Waals surface area (Å²) < 4.78 is 0. The number of benzene rings is 1. The van der Waals surface area contributed by atoms with E-state index in [1.165, 1.54) is 5.69 Å². The molecule has 0 bridgehead atoms. The Morgan fingerprint density at radius 1 is 1.31 bits per heavy atom. The van der Waals surface area contributed by atoms with Gasteiger partial charge in [-0.2, -0.15) is 0 Å². The van der Waals surface area contributed by atoms with Gasteiger partial charge in [0.25, 0.3) is 0 Å². The van der Waals surface area contributed by atoms with Crippen molar-refractivity contribution in [2.75, 3.05) is 38.6 Å². The van der Waals surface area contributed by atoms with Crippen molar-refractivity contribution in [3.63, 3.8) is 0 Å². The summed E-state index contributed by atoms with van der Waals surface area (Å²) in [5, 5.41) is 0. The predicted molar refractivity (Wildman–Crippen MR) is 68.7 cm³/mol. The summed E-state index contributed by atoms with van der Waals surface area (Å²) >= 11 is 0. The van der Waals surface area contributed by atoms with Crippen LogP contribution < -0.4 is 10.6 Å². The molecule has 1 heterocycles. The normalized spacial score (nSPS) is 25.4. The molecule has 1 unspecified atom stereocenters. The number of likely N-dealkylation sites (N-methyl/N-ethyl adjacent to an activating group) is 1. The molecule has 3 heteroatoms. The number of nitrogens with two attached hydrogens (primary N) is 1. The first-order valence-corrected chi connectivity index (χ1v) is 5.85. The minimum atomic E-state index is 0.149. The van der Waals surface area contributed by atoms with Crippen molar-refractivity contribution in [1.82, 2.24) is 4.90 Å². The molecule has 1 saturated heterocycles. The average Bonchev–Trinajstić information content (AvgIpc) is 2.76. The Bertz CT molecular complexity index is 336. The van der Waals surface area contributed by atoms with Crippen molar-refractivity contribution < 1.29 is 0 Å². The highest BCUT2D eigenvalue weighted by Crippen LogP contribution is 2.29. The summed E-state index contributed by atoms with van der Waals surface area (Å²) in [6.45, 7) is 2.85. The van der Waals surface area contributed by atoms with Crippen LogP contribution in [0.25, 0.3) is 0 Å². The summed E-state index contributed by atoms with van der Waals surface area (Å²) in [6, 6.07) is 10.6. The molecule has 88 valence electrons. The molecular weight excluding hydrogens is 198 g/mol. The lowest BCUT2D eigenvalue weighted by Crippen LogP contribution is -2.52. The molecule has 0 aromatic heterocycles. The number of rotatable bonds is 3. The van der Waals surface area contributed by atoms with Gasteiger partial charge in [0.2, 0.25) is 0 Å². The van der Waals surface area contributed by atoms with Gasteiger partial charge >= 0.3 is 0 Å². The first kappa shape index (κ1) is 11.4. The van der Waals surface area contributed by atoms with Crippen molar-refractivity contribution in [3.05, 3.63) is 30.3 Å². The van der Waals surface area contributed by atoms with E-state index in [9.17, 15) is 0 Å². The fraction of sp³-hybridized carbons (Fsp3) is 0.538.